The van der Waals surface area contributed by atoms with Crippen LogP contribution in [0.2, 0.25) is 0 Å². The molecule has 0 bridgehead atoms. The Morgan fingerprint density at radius 2 is 0.833 bits per heavy atom. The second-order valence-corrected chi connectivity index (χ2v) is 18.5. The number of amides is 3. The minimum atomic E-state index is -1.06. The second kappa shape index (κ2) is 39.2. The summed E-state index contributed by atoms with van der Waals surface area (Å²) >= 11 is 0. The molecule has 3 atom stereocenters. The lowest BCUT2D eigenvalue weighted by atomic mass is 10.1. The van der Waals surface area contributed by atoms with Crippen LogP contribution in [0, 0.1) is 0 Å². The van der Waals surface area contributed by atoms with Crippen molar-refractivity contribution in [2.45, 2.75) is 245 Å². The molecule has 0 aliphatic carbocycles. The molecule has 0 aliphatic heterocycles. The van der Waals surface area contributed by atoms with Crippen LogP contribution >= 0.6 is 0 Å². The summed E-state index contributed by atoms with van der Waals surface area (Å²) in [4.78, 5) is 64.5. The molecular weight excluding hydrogens is 757 g/mol. The molecule has 3 amide bonds. The first kappa shape index (κ1) is 57.3. The Kier molecular flexibility index (Phi) is 37.4. The van der Waals surface area contributed by atoms with E-state index in [2.05, 4.69) is 50.9 Å². The number of quaternary nitrogens is 1. The third kappa shape index (κ3) is 37.1. The zero-order valence-corrected chi connectivity index (χ0v) is 40.1. The van der Waals surface area contributed by atoms with Gasteiger partial charge in [0.2, 0.25) is 17.7 Å². The van der Waals surface area contributed by atoms with Crippen LogP contribution in [0.4, 0.5) is 0 Å². The lowest BCUT2D eigenvalue weighted by molar-refractivity contribution is -0.870. The molecule has 0 rings (SSSR count). The molecule has 0 aromatic carbocycles. The number of hydrogen-bond acceptors (Lipinski definition) is 7. The standard InChI is InChI=1S/C49H94N4O7/c1-8-10-12-14-16-18-22-26-30-34-40-59-46(55)38-37-44(49(58)60-41-35-31-27-23-19-17-15-13-11-9-2)52-48(57)43(4)51-47(56)42(3)50-45(54)36-32-28-24-20-21-25-29-33-39-53(5,6)7/h42-44H,8-41H2,1-7H3,(H2-,50,51,52,54,56,57)/p+1/t42-,43-,44-/m0/s1. The summed E-state index contributed by atoms with van der Waals surface area (Å²) in [5.74, 6) is -2.28. The van der Waals surface area contributed by atoms with Gasteiger partial charge in [0, 0.05) is 12.8 Å². The van der Waals surface area contributed by atoms with Gasteiger partial charge in [0.15, 0.2) is 0 Å². The highest BCUT2D eigenvalue weighted by Gasteiger charge is 2.27. The van der Waals surface area contributed by atoms with Gasteiger partial charge in [0.05, 0.1) is 40.9 Å². The predicted molar refractivity (Wildman–Crippen MR) is 246 cm³/mol. The fourth-order valence-electron chi connectivity index (χ4n) is 7.23. The number of nitrogens with one attached hydrogen (secondary N) is 3. The molecule has 0 aromatic rings. The van der Waals surface area contributed by atoms with E-state index in [1.165, 1.54) is 135 Å². The van der Waals surface area contributed by atoms with Crippen molar-refractivity contribution in [3.05, 3.63) is 0 Å². The molecule has 0 radical (unpaired) electrons. The maximum absolute atomic E-state index is 13.2. The van der Waals surface area contributed by atoms with E-state index in [1.807, 2.05) is 0 Å². The van der Waals surface area contributed by atoms with E-state index in [1.54, 1.807) is 6.92 Å². The zero-order valence-electron chi connectivity index (χ0n) is 40.1. The minimum Gasteiger partial charge on any atom is -0.466 e. The number of carbonyl (C=O) groups is 5. The van der Waals surface area contributed by atoms with Gasteiger partial charge in [0.25, 0.3) is 0 Å². The first-order chi connectivity index (χ1) is 28.8. The summed E-state index contributed by atoms with van der Waals surface area (Å²) in [6, 6.07) is -2.87. The van der Waals surface area contributed by atoms with Crippen molar-refractivity contribution in [1.82, 2.24) is 16.0 Å². The van der Waals surface area contributed by atoms with Gasteiger partial charge in [-0.25, -0.2) is 4.79 Å². The molecule has 352 valence electrons. The Bertz CT molecular complexity index is 1100. The molecular formula is C49H95N4O7+. The fourth-order valence-corrected chi connectivity index (χ4v) is 7.23. The molecule has 11 heteroatoms. The highest BCUT2D eigenvalue weighted by atomic mass is 16.5. The van der Waals surface area contributed by atoms with Crippen LogP contribution in [0.5, 0.6) is 0 Å². The van der Waals surface area contributed by atoms with Crippen LogP contribution in [-0.4, -0.2) is 93.2 Å². The number of rotatable bonds is 42. The Labute approximate surface area is 368 Å². The van der Waals surface area contributed by atoms with Gasteiger partial charge in [-0.05, 0) is 52.4 Å². The SMILES string of the molecule is CCCCCCCCCCCCOC(=O)CC[C@H](NC(=O)[C@H](C)NC(=O)[C@H](C)NC(=O)CCCCCCCCCC[N+](C)(C)C)C(=O)OCCCCCCCCCCCC. The van der Waals surface area contributed by atoms with Gasteiger partial charge < -0.3 is 29.9 Å². The van der Waals surface area contributed by atoms with Crippen LogP contribution in [0.15, 0.2) is 0 Å². The summed E-state index contributed by atoms with van der Waals surface area (Å²) in [6.45, 7) is 9.35. The average molecular weight is 852 g/mol. The first-order valence-electron chi connectivity index (χ1n) is 24.8. The number of ether oxygens (including phenoxy) is 2. The molecule has 0 spiro atoms. The largest absolute Gasteiger partial charge is 0.466 e. The maximum atomic E-state index is 13.2. The predicted octanol–water partition coefficient (Wildman–Crippen LogP) is 10.4. The molecule has 0 saturated carbocycles. The minimum absolute atomic E-state index is 0.0312. The van der Waals surface area contributed by atoms with E-state index in [4.69, 9.17) is 9.47 Å². The third-order valence-electron chi connectivity index (χ3n) is 11.2. The number of esters is 2. The van der Waals surface area contributed by atoms with E-state index in [0.29, 0.717) is 13.0 Å². The molecule has 0 saturated heterocycles. The monoisotopic (exact) mass is 852 g/mol. The molecule has 0 aromatic heterocycles. The van der Waals surface area contributed by atoms with Crippen molar-refractivity contribution in [1.29, 1.82) is 0 Å². The van der Waals surface area contributed by atoms with Crippen LogP contribution in [0.1, 0.15) is 227 Å². The highest BCUT2D eigenvalue weighted by molar-refractivity contribution is 5.93. The van der Waals surface area contributed by atoms with Gasteiger partial charge in [-0.3, -0.25) is 19.2 Å². The average Bonchev–Trinajstić information content (AvgIpc) is 3.20. The van der Waals surface area contributed by atoms with Crippen molar-refractivity contribution >= 4 is 29.7 Å². The molecule has 0 heterocycles. The number of carbonyl (C=O) groups excluding carboxylic acids is 5. The van der Waals surface area contributed by atoms with Gasteiger partial charge in [-0.2, -0.15) is 0 Å². The molecule has 60 heavy (non-hydrogen) atoms. The molecule has 0 fully saturated rings. The topological polar surface area (TPSA) is 140 Å². The number of unbranched alkanes of at least 4 members (excludes halogenated alkanes) is 25. The number of nitrogens with zero attached hydrogens (tertiary/aromatic N) is 1. The molecule has 0 aliphatic rings. The van der Waals surface area contributed by atoms with E-state index < -0.39 is 41.9 Å². The summed E-state index contributed by atoms with van der Waals surface area (Å²) in [6.07, 6.45) is 32.8. The quantitative estimate of drug-likeness (QED) is 0.0316. The lowest BCUT2D eigenvalue weighted by Crippen LogP contribution is -2.54. The summed E-state index contributed by atoms with van der Waals surface area (Å²) in [5, 5.41) is 8.09. The summed E-state index contributed by atoms with van der Waals surface area (Å²) < 4.78 is 12.0. The van der Waals surface area contributed by atoms with Crippen molar-refractivity contribution in [3.63, 3.8) is 0 Å². The van der Waals surface area contributed by atoms with E-state index >= 15 is 0 Å². The Hall–Kier alpha value is -2.69. The fraction of sp³-hybridized carbons (Fsp3) is 0.898. The van der Waals surface area contributed by atoms with Gasteiger partial charge in [-0.1, -0.05) is 162 Å². The second-order valence-electron chi connectivity index (χ2n) is 18.5. The van der Waals surface area contributed by atoms with Gasteiger partial charge >= 0.3 is 11.9 Å². The van der Waals surface area contributed by atoms with Gasteiger partial charge in [-0.15, -0.1) is 0 Å². The smallest absolute Gasteiger partial charge is 0.328 e. The zero-order chi connectivity index (χ0) is 44.7. The first-order valence-corrected chi connectivity index (χ1v) is 24.8. The van der Waals surface area contributed by atoms with Crippen molar-refractivity contribution in [2.24, 2.45) is 0 Å². The molecule has 3 N–H and O–H groups in total. The Morgan fingerprint density at radius 1 is 0.450 bits per heavy atom. The van der Waals surface area contributed by atoms with Crippen molar-refractivity contribution in [3.8, 4) is 0 Å². The van der Waals surface area contributed by atoms with Crippen LogP contribution in [-0.2, 0) is 33.4 Å². The number of hydrogen-bond donors (Lipinski definition) is 3. The molecule has 11 nitrogen and oxygen atoms in total. The van der Waals surface area contributed by atoms with E-state index in [-0.39, 0.29) is 25.4 Å². The Balaban J connectivity index is 4.74. The normalized spacial score (nSPS) is 13.0. The Morgan fingerprint density at radius 3 is 1.30 bits per heavy atom. The summed E-state index contributed by atoms with van der Waals surface area (Å²) in [5.41, 5.74) is 0. The summed E-state index contributed by atoms with van der Waals surface area (Å²) in [7, 11) is 6.68. The van der Waals surface area contributed by atoms with Gasteiger partial charge in [0.1, 0.15) is 18.1 Å². The van der Waals surface area contributed by atoms with E-state index in [0.717, 1.165) is 62.3 Å². The van der Waals surface area contributed by atoms with Crippen molar-refractivity contribution in [2.75, 3.05) is 40.9 Å². The highest BCUT2D eigenvalue weighted by Crippen LogP contribution is 2.14. The van der Waals surface area contributed by atoms with E-state index in [9.17, 15) is 24.0 Å². The lowest BCUT2D eigenvalue weighted by Gasteiger charge is -2.23. The van der Waals surface area contributed by atoms with Crippen molar-refractivity contribution < 1.29 is 37.9 Å². The van der Waals surface area contributed by atoms with Crippen LogP contribution in [0.25, 0.3) is 0 Å². The third-order valence-corrected chi connectivity index (χ3v) is 11.2. The maximum Gasteiger partial charge on any atom is 0.328 e. The van der Waals surface area contributed by atoms with Crippen LogP contribution < -0.4 is 16.0 Å². The molecule has 0 unspecified atom stereocenters. The van der Waals surface area contributed by atoms with Crippen LogP contribution in [0.3, 0.4) is 0 Å².